The molecule has 4 nitrogen and oxygen atoms in total. The largest absolute Gasteiger partial charge is 0.352 e. The van der Waals surface area contributed by atoms with E-state index in [-0.39, 0.29) is 0 Å². The van der Waals surface area contributed by atoms with E-state index in [1.807, 2.05) is 30.3 Å². The molecule has 24 heavy (non-hydrogen) atoms. The first kappa shape index (κ1) is 15.0. The third kappa shape index (κ3) is 3.19. The van der Waals surface area contributed by atoms with Gasteiger partial charge in [0.1, 0.15) is 5.82 Å². The second-order valence-corrected chi connectivity index (χ2v) is 6.25. The number of fused-ring (bicyclic) bond motifs is 1. The summed E-state index contributed by atoms with van der Waals surface area (Å²) in [4.78, 5) is 11.3. The van der Waals surface area contributed by atoms with Gasteiger partial charge >= 0.3 is 0 Å². The highest BCUT2D eigenvalue weighted by molar-refractivity contribution is 6.30. The van der Waals surface area contributed by atoms with Crippen LogP contribution in [0.3, 0.4) is 0 Å². The highest BCUT2D eigenvalue weighted by Gasteiger charge is 2.17. The summed E-state index contributed by atoms with van der Waals surface area (Å²) in [6.07, 6.45) is 2.83. The summed E-state index contributed by atoms with van der Waals surface area (Å²) < 4.78 is 0. The fraction of sp³-hybridized carbons (Fsp3) is 0.158. The average molecular weight is 337 g/mol. The predicted molar refractivity (Wildman–Crippen MR) is 98.0 cm³/mol. The van der Waals surface area contributed by atoms with Crippen LogP contribution in [0.4, 0.5) is 17.5 Å². The summed E-state index contributed by atoms with van der Waals surface area (Å²) in [7, 11) is 0. The Hall–Kier alpha value is -2.59. The van der Waals surface area contributed by atoms with Crippen LogP contribution in [-0.4, -0.2) is 16.5 Å². The summed E-state index contributed by atoms with van der Waals surface area (Å²) in [5.74, 6) is 1.51. The van der Waals surface area contributed by atoms with E-state index in [1.165, 1.54) is 11.1 Å². The van der Waals surface area contributed by atoms with Crippen LogP contribution in [-0.2, 0) is 13.0 Å². The number of rotatable bonds is 3. The second-order valence-electron chi connectivity index (χ2n) is 5.81. The van der Waals surface area contributed by atoms with Gasteiger partial charge in [-0.05, 0) is 41.8 Å². The zero-order valence-electron chi connectivity index (χ0n) is 13.1. The number of anilines is 3. The average Bonchev–Trinajstić information content (AvgIpc) is 2.61. The number of halogens is 1. The fourth-order valence-corrected chi connectivity index (χ4v) is 3.16. The monoisotopic (exact) mass is 336 g/mol. The molecule has 0 fully saturated rings. The second kappa shape index (κ2) is 6.49. The Morgan fingerprint density at radius 2 is 1.88 bits per heavy atom. The number of nitrogens with zero attached hydrogens (tertiary/aromatic N) is 3. The van der Waals surface area contributed by atoms with Crippen molar-refractivity contribution in [1.82, 2.24) is 9.97 Å². The van der Waals surface area contributed by atoms with E-state index in [0.29, 0.717) is 11.0 Å². The maximum atomic E-state index is 6.02. The molecule has 3 aromatic rings. The van der Waals surface area contributed by atoms with Gasteiger partial charge in [0.2, 0.25) is 5.95 Å². The Morgan fingerprint density at radius 1 is 1.00 bits per heavy atom. The minimum Gasteiger partial charge on any atom is -0.352 e. The van der Waals surface area contributed by atoms with Gasteiger partial charge in [-0.15, -0.1) is 0 Å². The van der Waals surface area contributed by atoms with Crippen LogP contribution in [0.25, 0.3) is 0 Å². The molecule has 0 spiro atoms. The zero-order valence-corrected chi connectivity index (χ0v) is 13.9. The number of benzene rings is 2. The van der Waals surface area contributed by atoms with Crippen molar-refractivity contribution in [2.45, 2.75) is 13.0 Å². The van der Waals surface area contributed by atoms with E-state index in [2.05, 4.69) is 44.5 Å². The highest BCUT2D eigenvalue weighted by atomic mass is 35.5. The lowest BCUT2D eigenvalue weighted by Gasteiger charge is -2.29. The SMILES string of the molecule is Clc1cccc(Nc2nccc(N3CCc4ccccc4C3)n2)c1. The Balaban J connectivity index is 1.55. The molecule has 0 atom stereocenters. The lowest BCUT2D eigenvalue weighted by atomic mass is 10.00. The van der Waals surface area contributed by atoms with E-state index >= 15 is 0 Å². The number of hydrogen-bond acceptors (Lipinski definition) is 4. The summed E-state index contributed by atoms with van der Waals surface area (Å²) >= 11 is 6.02. The van der Waals surface area contributed by atoms with Crippen molar-refractivity contribution in [2.75, 3.05) is 16.8 Å². The van der Waals surface area contributed by atoms with E-state index in [4.69, 9.17) is 11.6 Å². The molecule has 2 aromatic carbocycles. The molecule has 0 amide bonds. The van der Waals surface area contributed by atoms with Gasteiger partial charge in [-0.1, -0.05) is 41.9 Å². The number of hydrogen-bond donors (Lipinski definition) is 1. The van der Waals surface area contributed by atoms with Crippen molar-refractivity contribution in [3.05, 3.63) is 76.9 Å². The van der Waals surface area contributed by atoms with Crippen LogP contribution in [0.15, 0.2) is 60.8 Å². The number of nitrogens with one attached hydrogen (secondary N) is 1. The highest BCUT2D eigenvalue weighted by Crippen LogP contribution is 2.24. The van der Waals surface area contributed by atoms with Crippen molar-refractivity contribution in [3.8, 4) is 0 Å². The molecule has 1 N–H and O–H groups in total. The zero-order chi connectivity index (χ0) is 16.4. The molecule has 1 aromatic heterocycles. The molecule has 5 heteroatoms. The first-order valence-corrected chi connectivity index (χ1v) is 8.33. The Labute approximate surface area is 146 Å². The van der Waals surface area contributed by atoms with Crippen LogP contribution in [0.1, 0.15) is 11.1 Å². The minimum atomic E-state index is 0.577. The van der Waals surface area contributed by atoms with E-state index in [0.717, 1.165) is 31.0 Å². The summed E-state index contributed by atoms with van der Waals surface area (Å²) in [5, 5.41) is 3.89. The van der Waals surface area contributed by atoms with Crippen LogP contribution >= 0.6 is 11.6 Å². The predicted octanol–water partition coefficient (Wildman–Crippen LogP) is 4.44. The van der Waals surface area contributed by atoms with Crippen molar-refractivity contribution < 1.29 is 0 Å². The standard InChI is InChI=1S/C19H17ClN4/c20-16-6-3-7-17(12-16)22-19-21-10-8-18(23-19)24-11-9-14-4-1-2-5-15(14)13-24/h1-8,10,12H,9,11,13H2,(H,21,22,23). The molecule has 0 saturated heterocycles. The molecular weight excluding hydrogens is 320 g/mol. The fourth-order valence-electron chi connectivity index (χ4n) is 2.97. The molecule has 4 rings (SSSR count). The van der Waals surface area contributed by atoms with Gasteiger partial charge in [0, 0.05) is 30.0 Å². The third-order valence-corrected chi connectivity index (χ3v) is 4.41. The first-order chi connectivity index (χ1) is 11.8. The molecule has 0 unspecified atom stereocenters. The lowest BCUT2D eigenvalue weighted by molar-refractivity contribution is 0.720. The molecule has 120 valence electrons. The van der Waals surface area contributed by atoms with Crippen molar-refractivity contribution >= 4 is 29.1 Å². The third-order valence-electron chi connectivity index (χ3n) is 4.18. The Morgan fingerprint density at radius 3 is 2.75 bits per heavy atom. The minimum absolute atomic E-state index is 0.577. The topological polar surface area (TPSA) is 41.1 Å². The molecule has 1 aliphatic heterocycles. The van der Waals surface area contributed by atoms with E-state index < -0.39 is 0 Å². The van der Waals surface area contributed by atoms with Crippen LogP contribution in [0.5, 0.6) is 0 Å². The van der Waals surface area contributed by atoms with Crippen molar-refractivity contribution in [1.29, 1.82) is 0 Å². The van der Waals surface area contributed by atoms with E-state index in [1.54, 1.807) is 6.20 Å². The van der Waals surface area contributed by atoms with Gasteiger partial charge in [0.05, 0.1) is 0 Å². The first-order valence-electron chi connectivity index (χ1n) is 7.95. The van der Waals surface area contributed by atoms with Crippen molar-refractivity contribution in [3.63, 3.8) is 0 Å². The summed E-state index contributed by atoms with van der Waals surface area (Å²) in [6, 6.07) is 18.1. The molecule has 2 heterocycles. The molecule has 1 aliphatic rings. The normalized spacial score (nSPS) is 13.5. The maximum Gasteiger partial charge on any atom is 0.229 e. The van der Waals surface area contributed by atoms with Gasteiger partial charge < -0.3 is 10.2 Å². The van der Waals surface area contributed by atoms with Crippen molar-refractivity contribution in [2.24, 2.45) is 0 Å². The Bertz CT molecular complexity index is 865. The van der Waals surface area contributed by atoms with Crippen LogP contribution in [0, 0.1) is 0 Å². The van der Waals surface area contributed by atoms with E-state index in [9.17, 15) is 0 Å². The van der Waals surface area contributed by atoms with Gasteiger partial charge in [0.15, 0.2) is 0 Å². The lowest BCUT2D eigenvalue weighted by Crippen LogP contribution is -2.31. The van der Waals surface area contributed by atoms with Crippen LogP contribution in [0.2, 0.25) is 5.02 Å². The molecule has 0 radical (unpaired) electrons. The summed E-state index contributed by atoms with van der Waals surface area (Å²) in [5.41, 5.74) is 3.68. The molecular formula is C19H17ClN4. The van der Waals surface area contributed by atoms with Gasteiger partial charge in [-0.3, -0.25) is 0 Å². The summed E-state index contributed by atoms with van der Waals surface area (Å²) in [6.45, 7) is 1.84. The number of aromatic nitrogens is 2. The molecule has 0 bridgehead atoms. The van der Waals surface area contributed by atoms with Gasteiger partial charge in [0.25, 0.3) is 0 Å². The van der Waals surface area contributed by atoms with Crippen LogP contribution < -0.4 is 10.2 Å². The molecule has 0 saturated carbocycles. The maximum absolute atomic E-state index is 6.02. The van der Waals surface area contributed by atoms with Gasteiger partial charge in [-0.2, -0.15) is 4.98 Å². The van der Waals surface area contributed by atoms with Gasteiger partial charge in [-0.25, -0.2) is 4.98 Å². The molecule has 0 aliphatic carbocycles. The Kier molecular flexibility index (Phi) is 4.05. The quantitative estimate of drug-likeness (QED) is 0.768. The smallest absolute Gasteiger partial charge is 0.229 e.